The zero-order valence-electron chi connectivity index (χ0n) is 14.0. The van der Waals surface area contributed by atoms with Gasteiger partial charge in [-0.15, -0.1) is 11.8 Å². The highest BCUT2D eigenvalue weighted by Crippen LogP contribution is 2.22. The summed E-state index contributed by atoms with van der Waals surface area (Å²) in [6.07, 6.45) is 17.2. The van der Waals surface area contributed by atoms with Crippen LogP contribution in [0.2, 0.25) is 0 Å². The van der Waals surface area contributed by atoms with E-state index in [0.29, 0.717) is 13.1 Å². The minimum Gasteiger partial charge on any atom is -0.396 e. The van der Waals surface area contributed by atoms with Gasteiger partial charge < -0.3 is 9.63 Å². The number of hydrogen-bond donors (Lipinski definition) is 1. The molecule has 1 atom stereocenters. The van der Waals surface area contributed by atoms with Crippen LogP contribution in [0.1, 0.15) is 89.9 Å². The van der Waals surface area contributed by atoms with Crippen molar-refractivity contribution >= 4 is 28.5 Å². The molecule has 0 aliphatic carbocycles. The van der Waals surface area contributed by atoms with Gasteiger partial charge in [-0.25, -0.2) is 0 Å². The first-order valence-electron chi connectivity index (χ1n) is 8.96. The Bertz CT molecular complexity index is 264. The third-order valence-electron chi connectivity index (χ3n) is 3.69. The van der Waals surface area contributed by atoms with Crippen molar-refractivity contribution in [2.24, 2.45) is 0 Å². The lowest BCUT2D eigenvalue weighted by molar-refractivity contribution is 0.282. The summed E-state index contributed by atoms with van der Waals surface area (Å²) in [6, 6.07) is 0. The van der Waals surface area contributed by atoms with E-state index in [0.717, 1.165) is 25.9 Å². The topological polar surface area (TPSA) is 29.5 Å². The van der Waals surface area contributed by atoms with Crippen LogP contribution in [0.5, 0.6) is 0 Å². The molecule has 0 bridgehead atoms. The lowest BCUT2D eigenvalue weighted by Gasteiger charge is -2.00. The fraction of sp³-hybridized carbons (Fsp3) is 0.889. The molecule has 0 aliphatic rings. The summed E-state index contributed by atoms with van der Waals surface area (Å²) < 4.78 is 5.34. The van der Waals surface area contributed by atoms with E-state index in [-0.39, 0.29) is 0 Å². The molecule has 22 heavy (non-hydrogen) atoms. The second-order valence-electron chi connectivity index (χ2n) is 5.75. The molecule has 2 nitrogen and oxygen atoms in total. The number of rotatable bonds is 16. The van der Waals surface area contributed by atoms with E-state index in [2.05, 4.69) is 33.9 Å². The van der Waals surface area contributed by atoms with Crippen LogP contribution in [-0.4, -0.2) is 18.3 Å². The maximum absolute atomic E-state index is 8.68. The summed E-state index contributed by atoms with van der Waals surface area (Å²) in [5.74, 6) is 6.62. The van der Waals surface area contributed by atoms with Crippen molar-refractivity contribution in [1.82, 2.24) is 0 Å². The SMILES string of the molecule is OCCCCCCCCC#CCCCCCCCCOPI. The van der Waals surface area contributed by atoms with Crippen LogP contribution in [0.4, 0.5) is 0 Å². The fourth-order valence-electron chi connectivity index (χ4n) is 2.34. The lowest BCUT2D eigenvalue weighted by Crippen LogP contribution is -1.85. The molecule has 0 aromatic carbocycles. The number of unbranched alkanes of at least 4 members (excludes halogenated alkanes) is 12. The summed E-state index contributed by atoms with van der Waals surface area (Å²) in [4.78, 5) is 0. The zero-order chi connectivity index (χ0) is 16.1. The van der Waals surface area contributed by atoms with Crippen LogP contribution in [0.3, 0.4) is 0 Å². The van der Waals surface area contributed by atoms with Crippen LogP contribution in [0.25, 0.3) is 0 Å². The molecule has 0 spiro atoms. The Labute approximate surface area is 152 Å². The summed E-state index contributed by atoms with van der Waals surface area (Å²) in [6.45, 7) is 1.90. The van der Waals surface area contributed by atoms with Gasteiger partial charge in [-0.05, 0) is 47.7 Å². The second kappa shape index (κ2) is 21.6. The summed E-state index contributed by atoms with van der Waals surface area (Å²) >= 11 is 2.28. The Morgan fingerprint density at radius 3 is 1.64 bits per heavy atom. The average molecular weight is 440 g/mol. The quantitative estimate of drug-likeness (QED) is 0.130. The zero-order valence-corrected chi connectivity index (χ0v) is 17.2. The van der Waals surface area contributed by atoms with Crippen molar-refractivity contribution in [3.05, 3.63) is 0 Å². The monoisotopic (exact) mass is 440 g/mol. The maximum Gasteiger partial charge on any atom is 0.0793 e. The molecule has 1 unspecified atom stereocenters. The smallest absolute Gasteiger partial charge is 0.0793 e. The molecule has 0 rings (SSSR count). The predicted molar refractivity (Wildman–Crippen MR) is 108 cm³/mol. The Morgan fingerprint density at radius 2 is 1.14 bits per heavy atom. The van der Waals surface area contributed by atoms with Crippen LogP contribution < -0.4 is 0 Å². The molecular weight excluding hydrogens is 406 g/mol. The van der Waals surface area contributed by atoms with Gasteiger partial charge in [-0.3, -0.25) is 0 Å². The third-order valence-corrected chi connectivity index (χ3v) is 4.94. The van der Waals surface area contributed by atoms with Gasteiger partial charge in [0, 0.05) is 19.4 Å². The Balaban J connectivity index is 3.06. The highest BCUT2D eigenvalue weighted by molar-refractivity contribution is 14.2. The van der Waals surface area contributed by atoms with Gasteiger partial charge in [-0.2, -0.15) is 0 Å². The van der Waals surface area contributed by atoms with Gasteiger partial charge in [0.1, 0.15) is 0 Å². The fourth-order valence-corrected chi connectivity index (χ4v) is 3.22. The molecule has 130 valence electrons. The molecule has 0 saturated heterocycles. The molecule has 0 aromatic rings. The van der Waals surface area contributed by atoms with Crippen molar-refractivity contribution in [2.45, 2.75) is 89.9 Å². The Morgan fingerprint density at radius 1 is 0.682 bits per heavy atom. The van der Waals surface area contributed by atoms with E-state index in [1.807, 2.05) is 0 Å². The summed E-state index contributed by atoms with van der Waals surface area (Å²) in [5.41, 5.74) is 0. The second-order valence-corrected chi connectivity index (χ2v) is 7.51. The number of halogens is 1. The van der Waals surface area contributed by atoms with Gasteiger partial charge in [0.05, 0.1) is 13.1 Å². The molecule has 0 aliphatic heterocycles. The normalized spacial score (nSPS) is 11.0. The first-order chi connectivity index (χ1) is 10.9. The van der Waals surface area contributed by atoms with E-state index in [9.17, 15) is 0 Å². The van der Waals surface area contributed by atoms with Crippen LogP contribution in [0, 0.1) is 11.8 Å². The van der Waals surface area contributed by atoms with Crippen molar-refractivity contribution in [3.8, 4) is 11.8 Å². The van der Waals surface area contributed by atoms with Gasteiger partial charge in [0.15, 0.2) is 0 Å². The van der Waals surface area contributed by atoms with E-state index in [1.54, 1.807) is 0 Å². The first-order valence-corrected chi connectivity index (χ1v) is 13.0. The third kappa shape index (κ3) is 20.6. The van der Waals surface area contributed by atoms with Crippen LogP contribution in [0.15, 0.2) is 0 Å². The molecule has 1 N–H and O–H groups in total. The minimum absolute atomic E-state index is 0.346. The van der Waals surface area contributed by atoms with Gasteiger partial charge in [0.25, 0.3) is 0 Å². The molecule has 0 aromatic heterocycles. The van der Waals surface area contributed by atoms with Gasteiger partial charge in [0.2, 0.25) is 0 Å². The average Bonchev–Trinajstić information content (AvgIpc) is 2.54. The van der Waals surface area contributed by atoms with Crippen LogP contribution in [-0.2, 0) is 4.52 Å². The Hall–Kier alpha value is 0.640. The predicted octanol–water partition coefficient (Wildman–Crippen LogP) is 6.40. The Kier molecular flexibility index (Phi) is 22.3. The molecule has 0 heterocycles. The molecule has 4 heteroatoms. The molecule has 0 amide bonds. The summed E-state index contributed by atoms with van der Waals surface area (Å²) in [7, 11) is 0. The lowest BCUT2D eigenvalue weighted by atomic mass is 10.1. The van der Waals surface area contributed by atoms with Crippen molar-refractivity contribution in [3.63, 3.8) is 0 Å². The highest BCUT2D eigenvalue weighted by atomic mass is 127. The number of aliphatic hydroxyl groups is 1. The van der Waals surface area contributed by atoms with E-state index >= 15 is 0 Å². The molecule has 0 saturated carbocycles. The van der Waals surface area contributed by atoms with Crippen molar-refractivity contribution in [1.29, 1.82) is 0 Å². The van der Waals surface area contributed by atoms with E-state index in [4.69, 9.17) is 9.63 Å². The summed E-state index contributed by atoms with van der Waals surface area (Å²) in [5, 5.41) is 8.68. The largest absolute Gasteiger partial charge is 0.396 e. The highest BCUT2D eigenvalue weighted by Gasteiger charge is 1.92. The first kappa shape index (κ1) is 22.6. The van der Waals surface area contributed by atoms with E-state index < -0.39 is 0 Å². The van der Waals surface area contributed by atoms with Gasteiger partial charge >= 0.3 is 0 Å². The molecule has 0 radical (unpaired) electrons. The standard InChI is InChI=1S/C18H34IO2P/c19-22-21-18-16-14-12-10-8-6-4-2-1-3-5-7-9-11-13-15-17-20/h20,22H,3-18H2. The number of hydrogen-bond acceptors (Lipinski definition) is 2. The van der Waals surface area contributed by atoms with Crippen LogP contribution >= 0.6 is 28.5 Å². The van der Waals surface area contributed by atoms with Crippen molar-refractivity contribution in [2.75, 3.05) is 13.2 Å². The molecular formula is C18H34IO2P. The maximum atomic E-state index is 8.68. The molecule has 0 fully saturated rings. The van der Waals surface area contributed by atoms with Gasteiger partial charge in [-0.1, -0.05) is 51.4 Å². The number of aliphatic hydroxyl groups excluding tert-OH is 1. The van der Waals surface area contributed by atoms with Crippen molar-refractivity contribution < 1.29 is 9.63 Å². The minimum atomic E-state index is 0.346. The van der Waals surface area contributed by atoms with E-state index in [1.165, 1.54) is 70.6 Å².